The largest absolute Gasteiger partial charge is 0.454 e. The number of nitrogens with zero attached hydrogens (tertiary/aromatic N) is 2. The monoisotopic (exact) mass is 482 g/mol. The molecule has 2 aromatic carbocycles. The fourth-order valence-electron chi connectivity index (χ4n) is 3.19. The van der Waals surface area contributed by atoms with E-state index in [1.165, 1.54) is 0 Å². The third kappa shape index (κ3) is 6.68. The van der Waals surface area contributed by atoms with Crippen LogP contribution in [0.15, 0.2) is 60.8 Å². The van der Waals surface area contributed by atoms with Crippen LogP contribution >= 0.6 is 11.6 Å². The van der Waals surface area contributed by atoms with Gasteiger partial charge in [-0.1, -0.05) is 61.3 Å². The Labute approximate surface area is 203 Å². The van der Waals surface area contributed by atoms with Crippen molar-refractivity contribution < 1.29 is 19.1 Å². The van der Waals surface area contributed by atoms with E-state index in [9.17, 15) is 14.4 Å². The third-order valence-electron chi connectivity index (χ3n) is 5.13. The van der Waals surface area contributed by atoms with Crippen molar-refractivity contribution in [3.8, 4) is 0 Å². The number of nitrogens with one attached hydrogen (secondary N) is 2. The van der Waals surface area contributed by atoms with E-state index in [0.717, 1.165) is 11.1 Å². The number of amides is 2. The average Bonchev–Trinajstić information content (AvgIpc) is 3.23. The molecule has 8 nitrogen and oxygen atoms in total. The number of benzene rings is 2. The van der Waals surface area contributed by atoms with Gasteiger partial charge in [-0.15, -0.1) is 0 Å². The van der Waals surface area contributed by atoms with Crippen LogP contribution in [0.2, 0.25) is 5.02 Å². The number of carbonyl (C=O) groups is 3. The Morgan fingerprint density at radius 3 is 2.44 bits per heavy atom. The highest BCUT2D eigenvalue weighted by molar-refractivity contribution is 6.31. The van der Waals surface area contributed by atoms with E-state index in [2.05, 4.69) is 15.7 Å². The first kappa shape index (κ1) is 25.0. The predicted molar refractivity (Wildman–Crippen MR) is 130 cm³/mol. The molecule has 0 aliphatic heterocycles. The fourth-order valence-corrected chi connectivity index (χ4v) is 3.38. The molecule has 0 unspecified atom stereocenters. The Morgan fingerprint density at radius 2 is 1.76 bits per heavy atom. The molecule has 1 atom stereocenters. The maximum absolute atomic E-state index is 12.6. The molecular weight excluding hydrogens is 456 g/mol. The second kappa shape index (κ2) is 11.5. The van der Waals surface area contributed by atoms with Gasteiger partial charge in [-0.3, -0.25) is 9.59 Å². The molecular formula is C25H27ClN4O4. The zero-order valence-electron chi connectivity index (χ0n) is 19.2. The Kier molecular flexibility index (Phi) is 8.43. The van der Waals surface area contributed by atoms with E-state index in [1.54, 1.807) is 49.0 Å². The summed E-state index contributed by atoms with van der Waals surface area (Å²) in [6.45, 7) is 5.36. The lowest BCUT2D eigenvalue weighted by molar-refractivity contribution is -0.150. The Balaban J connectivity index is 1.56. The normalized spacial score (nSPS) is 11.7. The number of aryl methyl sites for hydroxylation is 1. The molecule has 2 amide bonds. The third-order valence-corrected chi connectivity index (χ3v) is 5.50. The number of hydrogen-bond donors (Lipinski definition) is 2. The van der Waals surface area contributed by atoms with Gasteiger partial charge < -0.3 is 15.4 Å². The van der Waals surface area contributed by atoms with Crippen molar-refractivity contribution in [1.29, 1.82) is 0 Å². The lowest BCUT2D eigenvalue weighted by atomic mass is 10.0. The molecule has 0 spiro atoms. The van der Waals surface area contributed by atoms with Crippen LogP contribution in [0.25, 0.3) is 0 Å². The first-order valence-corrected chi connectivity index (χ1v) is 11.2. The van der Waals surface area contributed by atoms with Crippen molar-refractivity contribution >= 4 is 35.2 Å². The van der Waals surface area contributed by atoms with Crippen molar-refractivity contribution in [2.45, 2.75) is 33.4 Å². The van der Waals surface area contributed by atoms with Crippen LogP contribution < -0.4 is 10.6 Å². The topological polar surface area (TPSA) is 102 Å². The van der Waals surface area contributed by atoms with Gasteiger partial charge in [0.15, 0.2) is 6.61 Å². The summed E-state index contributed by atoms with van der Waals surface area (Å²) in [5, 5.41) is 10.2. The maximum atomic E-state index is 12.6. The quantitative estimate of drug-likeness (QED) is 0.451. The lowest BCUT2D eigenvalue weighted by Crippen LogP contribution is -2.46. The average molecular weight is 483 g/mol. The van der Waals surface area contributed by atoms with Crippen LogP contribution in [0.1, 0.15) is 35.3 Å². The second-order valence-electron chi connectivity index (χ2n) is 8.18. The number of esters is 1. The molecule has 9 heteroatoms. The first-order valence-electron chi connectivity index (χ1n) is 10.8. The minimum Gasteiger partial charge on any atom is -0.454 e. The van der Waals surface area contributed by atoms with E-state index in [-0.39, 0.29) is 11.8 Å². The Morgan fingerprint density at radius 1 is 1.06 bits per heavy atom. The van der Waals surface area contributed by atoms with Gasteiger partial charge in [0.2, 0.25) is 0 Å². The highest BCUT2D eigenvalue weighted by Crippen LogP contribution is 2.18. The Bertz CT molecular complexity index is 1160. The van der Waals surface area contributed by atoms with Crippen molar-refractivity contribution in [2.75, 3.05) is 11.9 Å². The van der Waals surface area contributed by atoms with Gasteiger partial charge in [-0.05, 0) is 36.6 Å². The summed E-state index contributed by atoms with van der Waals surface area (Å²) in [7, 11) is 0. The van der Waals surface area contributed by atoms with E-state index in [1.807, 2.05) is 37.3 Å². The summed E-state index contributed by atoms with van der Waals surface area (Å²) in [6.07, 6.45) is 1.55. The number of hydrogen-bond acceptors (Lipinski definition) is 5. The maximum Gasteiger partial charge on any atom is 0.329 e. The number of ether oxygens (including phenoxy) is 1. The summed E-state index contributed by atoms with van der Waals surface area (Å²) in [5.74, 6) is -1.39. The van der Waals surface area contributed by atoms with E-state index >= 15 is 0 Å². The van der Waals surface area contributed by atoms with Gasteiger partial charge in [0, 0.05) is 16.7 Å². The zero-order chi connectivity index (χ0) is 24.7. The minimum absolute atomic E-state index is 0.234. The molecule has 0 aliphatic rings. The molecule has 0 bridgehead atoms. The number of aromatic nitrogens is 2. The van der Waals surface area contributed by atoms with Crippen LogP contribution in [0.4, 0.5) is 5.82 Å². The lowest BCUT2D eigenvalue weighted by Gasteiger charge is -2.21. The van der Waals surface area contributed by atoms with Crippen LogP contribution in [0.5, 0.6) is 0 Å². The highest BCUT2D eigenvalue weighted by atomic mass is 35.5. The van der Waals surface area contributed by atoms with Gasteiger partial charge in [-0.2, -0.15) is 5.10 Å². The van der Waals surface area contributed by atoms with Gasteiger partial charge in [0.1, 0.15) is 11.9 Å². The van der Waals surface area contributed by atoms with E-state index in [0.29, 0.717) is 22.9 Å². The predicted octanol–water partition coefficient (Wildman–Crippen LogP) is 3.83. The molecule has 3 aromatic rings. The van der Waals surface area contributed by atoms with E-state index < -0.39 is 24.5 Å². The number of anilines is 1. The fraction of sp³-hybridized carbons (Fsp3) is 0.280. The minimum atomic E-state index is -0.896. The van der Waals surface area contributed by atoms with Gasteiger partial charge in [-0.25, -0.2) is 9.48 Å². The molecule has 1 aromatic heterocycles. The summed E-state index contributed by atoms with van der Waals surface area (Å²) < 4.78 is 6.78. The number of carbonyl (C=O) groups excluding carboxylic acids is 3. The molecule has 2 N–H and O–H groups in total. The van der Waals surface area contributed by atoms with Crippen molar-refractivity contribution in [1.82, 2.24) is 15.1 Å². The summed E-state index contributed by atoms with van der Waals surface area (Å²) in [5.41, 5.74) is 2.31. The van der Waals surface area contributed by atoms with Crippen molar-refractivity contribution in [3.63, 3.8) is 0 Å². The number of halogens is 1. The van der Waals surface area contributed by atoms with Gasteiger partial charge in [0.05, 0.1) is 12.7 Å². The van der Waals surface area contributed by atoms with Crippen molar-refractivity contribution in [2.24, 2.45) is 5.92 Å². The summed E-state index contributed by atoms with van der Waals surface area (Å²) >= 11 is 6.20. The standard InChI is InChI=1S/C25H27ClN4O4/c1-16(2)23(29-24(32)18-10-8-17(3)9-11-18)25(33)34-15-22(31)28-21-12-13-27-30(21)14-19-6-4-5-7-20(19)26/h4-13,16,23H,14-15H2,1-3H3,(H,28,31)(H,29,32)/t23-/m0/s1. The van der Waals surface area contributed by atoms with Gasteiger partial charge >= 0.3 is 5.97 Å². The molecule has 0 saturated carbocycles. The van der Waals surface area contributed by atoms with Crippen LogP contribution in [0.3, 0.4) is 0 Å². The molecule has 34 heavy (non-hydrogen) atoms. The number of rotatable bonds is 9. The molecule has 178 valence electrons. The summed E-state index contributed by atoms with van der Waals surface area (Å²) in [6, 6.07) is 15.1. The second-order valence-corrected chi connectivity index (χ2v) is 8.59. The van der Waals surface area contributed by atoms with Crippen LogP contribution in [-0.2, 0) is 20.9 Å². The Hall–Kier alpha value is -3.65. The molecule has 3 rings (SSSR count). The molecule has 0 radical (unpaired) electrons. The summed E-state index contributed by atoms with van der Waals surface area (Å²) in [4.78, 5) is 37.5. The smallest absolute Gasteiger partial charge is 0.329 e. The molecule has 1 heterocycles. The highest BCUT2D eigenvalue weighted by Gasteiger charge is 2.27. The SMILES string of the molecule is Cc1ccc(C(=O)N[C@H](C(=O)OCC(=O)Nc2ccnn2Cc2ccccc2Cl)C(C)C)cc1. The first-order chi connectivity index (χ1) is 16.2. The molecule has 0 saturated heterocycles. The van der Waals surface area contributed by atoms with Crippen molar-refractivity contribution in [3.05, 3.63) is 82.5 Å². The zero-order valence-corrected chi connectivity index (χ0v) is 20.0. The van der Waals surface area contributed by atoms with Gasteiger partial charge in [0.25, 0.3) is 11.8 Å². The van der Waals surface area contributed by atoms with Crippen LogP contribution in [-0.4, -0.2) is 40.2 Å². The molecule has 0 fully saturated rings. The molecule has 0 aliphatic carbocycles. The van der Waals surface area contributed by atoms with Crippen LogP contribution in [0, 0.1) is 12.8 Å². The van der Waals surface area contributed by atoms with E-state index in [4.69, 9.17) is 16.3 Å².